The van der Waals surface area contributed by atoms with Gasteiger partial charge in [-0.05, 0) is 55.7 Å². The molecule has 4 rings (SSSR count). The standard InChI is InChI=1S/C24H25N3O5/c1-14-4-5-16(27-11-10-25-24(27)30)12-20(14)26-22(28)9-8-19-15(2)18-7-6-17(31-3)13-21(18)32-23(19)29/h4-7,12-13H,8-11H2,1-3H3,(H,25,30)(H,26,28). The fourth-order valence-corrected chi connectivity index (χ4v) is 3.87. The van der Waals surface area contributed by atoms with E-state index in [-0.39, 0.29) is 24.8 Å². The van der Waals surface area contributed by atoms with Gasteiger partial charge in [0.1, 0.15) is 11.3 Å². The van der Waals surface area contributed by atoms with Crippen molar-refractivity contribution in [1.82, 2.24) is 5.32 Å². The van der Waals surface area contributed by atoms with Crippen LogP contribution < -0.4 is 25.9 Å². The van der Waals surface area contributed by atoms with Crippen LogP contribution in [0.1, 0.15) is 23.1 Å². The molecule has 1 saturated heterocycles. The van der Waals surface area contributed by atoms with Crippen molar-refractivity contribution in [1.29, 1.82) is 0 Å². The smallest absolute Gasteiger partial charge is 0.339 e. The summed E-state index contributed by atoms with van der Waals surface area (Å²) in [6, 6.07) is 10.7. The first kappa shape index (κ1) is 21.4. The van der Waals surface area contributed by atoms with Gasteiger partial charge in [-0.25, -0.2) is 9.59 Å². The van der Waals surface area contributed by atoms with Crippen LogP contribution in [0.25, 0.3) is 11.0 Å². The van der Waals surface area contributed by atoms with Gasteiger partial charge in [-0.2, -0.15) is 0 Å². The van der Waals surface area contributed by atoms with Gasteiger partial charge in [0.2, 0.25) is 5.91 Å². The van der Waals surface area contributed by atoms with Crippen LogP contribution in [0.3, 0.4) is 0 Å². The van der Waals surface area contributed by atoms with Gasteiger partial charge in [0.15, 0.2) is 0 Å². The Balaban J connectivity index is 1.49. The maximum absolute atomic E-state index is 12.7. The molecule has 8 heteroatoms. The van der Waals surface area contributed by atoms with Crippen LogP contribution in [0.2, 0.25) is 0 Å². The fraction of sp³-hybridized carbons (Fsp3) is 0.292. The Kier molecular flexibility index (Phi) is 5.85. The average Bonchev–Trinajstić information content (AvgIpc) is 3.20. The molecule has 32 heavy (non-hydrogen) atoms. The summed E-state index contributed by atoms with van der Waals surface area (Å²) in [5, 5.41) is 6.48. The van der Waals surface area contributed by atoms with Crippen molar-refractivity contribution < 1.29 is 18.7 Å². The van der Waals surface area contributed by atoms with E-state index >= 15 is 0 Å². The van der Waals surface area contributed by atoms with Crippen LogP contribution in [0, 0.1) is 13.8 Å². The summed E-state index contributed by atoms with van der Waals surface area (Å²) in [4.78, 5) is 38.7. The molecule has 2 aromatic carbocycles. The predicted octanol–water partition coefficient (Wildman–Crippen LogP) is 3.52. The zero-order valence-electron chi connectivity index (χ0n) is 18.3. The van der Waals surface area contributed by atoms with Crippen LogP contribution in [-0.2, 0) is 11.2 Å². The van der Waals surface area contributed by atoms with Crippen molar-refractivity contribution in [2.45, 2.75) is 26.7 Å². The monoisotopic (exact) mass is 435 g/mol. The number of aryl methyl sites for hydroxylation is 2. The zero-order chi connectivity index (χ0) is 22.8. The van der Waals surface area contributed by atoms with Crippen molar-refractivity contribution in [2.75, 3.05) is 30.4 Å². The first-order valence-corrected chi connectivity index (χ1v) is 10.4. The van der Waals surface area contributed by atoms with E-state index in [1.54, 1.807) is 24.1 Å². The van der Waals surface area contributed by atoms with Gasteiger partial charge in [0.05, 0.1) is 7.11 Å². The third-order valence-electron chi connectivity index (χ3n) is 5.76. The highest BCUT2D eigenvalue weighted by Gasteiger charge is 2.22. The zero-order valence-corrected chi connectivity index (χ0v) is 18.3. The molecule has 2 N–H and O–H groups in total. The van der Waals surface area contributed by atoms with E-state index in [1.807, 2.05) is 38.1 Å². The molecule has 8 nitrogen and oxygen atoms in total. The first-order chi connectivity index (χ1) is 15.4. The minimum atomic E-state index is -0.450. The minimum Gasteiger partial charge on any atom is -0.497 e. The summed E-state index contributed by atoms with van der Waals surface area (Å²) in [5.41, 5.74) is 3.54. The number of carbonyl (C=O) groups is 2. The third kappa shape index (κ3) is 4.16. The van der Waals surface area contributed by atoms with Crippen molar-refractivity contribution in [3.63, 3.8) is 0 Å². The number of hydrogen-bond donors (Lipinski definition) is 2. The number of ether oxygens (including phenoxy) is 1. The molecule has 0 unspecified atom stereocenters. The summed E-state index contributed by atoms with van der Waals surface area (Å²) < 4.78 is 10.6. The second kappa shape index (κ2) is 8.74. The van der Waals surface area contributed by atoms with Crippen molar-refractivity contribution in [3.05, 3.63) is 63.5 Å². The van der Waals surface area contributed by atoms with Gasteiger partial charge in [-0.3, -0.25) is 9.69 Å². The number of anilines is 2. The number of benzene rings is 2. The molecule has 0 atom stereocenters. The van der Waals surface area contributed by atoms with Gasteiger partial charge in [0.25, 0.3) is 0 Å². The lowest BCUT2D eigenvalue weighted by molar-refractivity contribution is -0.116. The second-order valence-corrected chi connectivity index (χ2v) is 7.79. The number of nitrogens with zero attached hydrogens (tertiary/aromatic N) is 1. The molecule has 3 amide bonds. The number of urea groups is 1. The molecule has 1 aliphatic rings. The van der Waals surface area contributed by atoms with Crippen molar-refractivity contribution >= 4 is 34.3 Å². The van der Waals surface area contributed by atoms with Gasteiger partial charge in [-0.15, -0.1) is 0 Å². The number of carbonyl (C=O) groups excluding carboxylic acids is 2. The molecule has 2 heterocycles. The van der Waals surface area contributed by atoms with Crippen LogP contribution in [0.4, 0.5) is 16.2 Å². The summed E-state index contributed by atoms with van der Waals surface area (Å²) in [6.07, 6.45) is 0.385. The lowest BCUT2D eigenvalue weighted by atomic mass is 10.0. The first-order valence-electron chi connectivity index (χ1n) is 10.4. The molecule has 1 aliphatic heterocycles. The van der Waals surface area contributed by atoms with E-state index in [9.17, 15) is 14.4 Å². The van der Waals surface area contributed by atoms with E-state index in [4.69, 9.17) is 9.15 Å². The SMILES string of the molecule is COc1ccc2c(C)c(CCC(=O)Nc3cc(N4CCNC4=O)ccc3C)c(=O)oc2c1. The maximum Gasteiger partial charge on any atom is 0.339 e. The number of amides is 3. The highest BCUT2D eigenvalue weighted by atomic mass is 16.5. The highest BCUT2D eigenvalue weighted by molar-refractivity contribution is 5.96. The maximum atomic E-state index is 12.7. The molecule has 0 saturated carbocycles. The Bertz CT molecular complexity index is 1260. The quantitative estimate of drug-likeness (QED) is 0.577. The van der Waals surface area contributed by atoms with Crippen LogP contribution in [0.15, 0.2) is 45.6 Å². The highest BCUT2D eigenvalue weighted by Crippen LogP contribution is 2.26. The van der Waals surface area contributed by atoms with Gasteiger partial charge in [0, 0.05) is 47.9 Å². The van der Waals surface area contributed by atoms with Gasteiger partial charge in [-0.1, -0.05) is 6.07 Å². The van der Waals surface area contributed by atoms with Gasteiger partial charge < -0.3 is 19.8 Å². The van der Waals surface area contributed by atoms with E-state index in [2.05, 4.69) is 10.6 Å². The predicted molar refractivity (Wildman–Crippen MR) is 123 cm³/mol. The molecule has 3 aromatic rings. The summed E-state index contributed by atoms with van der Waals surface area (Å²) in [7, 11) is 1.55. The topological polar surface area (TPSA) is 101 Å². The normalized spacial score (nSPS) is 13.3. The second-order valence-electron chi connectivity index (χ2n) is 7.79. The van der Waals surface area contributed by atoms with Crippen LogP contribution in [0.5, 0.6) is 5.75 Å². The fourth-order valence-electron chi connectivity index (χ4n) is 3.87. The summed E-state index contributed by atoms with van der Waals surface area (Å²) >= 11 is 0. The molecule has 0 bridgehead atoms. The summed E-state index contributed by atoms with van der Waals surface area (Å²) in [5.74, 6) is 0.390. The molecular weight excluding hydrogens is 410 g/mol. The number of nitrogens with one attached hydrogen (secondary N) is 2. The molecule has 1 fully saturated rings. The largest absolute Gasteiger partial charge is 0.497 e. The third-order valence-corrected chi connectivity index (χ3v) is 5.76. The van der Waals surface area contributed by atoms with Crippen LogP contribution in [-0.4, -0.2) is 32.1 Å². The Morgan fingerprint density at radius 3 is 2.72 bits per heavy atom. The Hall–Kier alpha value is -3.81. The van der Waals surface area contributed by atoms with Crippen LogP contribution >= 0.6 is 0 Å². The van der Waals surface area contributed by atoms with E-state index in [0.29, 0.717) is 35.7 Å². The Morgan fingerprint density at radius 1 is 1.19 bits per heavy atom. The molecule has 0 radical (unpaired) electrons. The van der Waals surface area contributed by atoms with Crippen molar-refractivity contribution in [3.8, 4) is 5.75 Å². The number of hydrogen-bond acceptors (Lipinski definition) is 5. The van der Waals surface area contributed by atoms with Gasteiger partial charge >= 0.3 is 11.7 Å². The Morgan fingerprint density at radius 2 is 2.00 bits per heavy atom. The molecule has 1 aromatic heterocycles. The number of rotatable bonds is 6. The lowest BCUT2D eigenvalue weighted by Gasteiger charge is -2.17. The van der Waals surface area contributed by atoms with E-state index < -0.39 is 5.63 Å². The molecule has 0 aliphatic carbocycles. The van der Waals surface area contributed by atoms with E-state index in [1.165, 1.54) is 0 Å². The number of methoxy groups -OCH3 is 1. The summed E-state index contributed by atoms with van der Waals surface area (Å²) in [6.45, 7) is 4.92. The average molecular weight is 435 g/mol. The number of fused-ring (bicyclic) bond motifs is 1. The molecule has 0 spiro atoms. The molecule has 166 valence electrons. The van der Waals surface area contributed by atoms with Crippen molar-refractivity contribution in [2.24, 2.45) is 0 Å². The molecular formula is C24H25N3O5. The Labute approximate surface area is 185 Å². The van der Waals surface area contributed by atoms with E-state index in [0.717, 1.165) is 22.2 Å². The minimum absolute atomic E-state index is 0.126. The lowest BCUT2D eigenvalue weighted by Crippen LogP contribution is -2.27.